The standard InChI is InChI=1S/C12H13N3O2S/c1-3-11(16)15-12-14-10(7-18-12)9-5-4-8(17-2)6-13-9/h4-7H,3H2,1-2H3,(H,14,15,16). The highest BCUT2D eigenvalue weighted by Crippen LogP contribution is 2.24. The Hall–Kier alpha value is -1.95. The van der Waals surface area contributed by atoms with Crippen molar-refractivity contribution < 1.29 is 9.53 Å². The van der Waals surface area contributed by atoms with Crippen molar-refractivity contribution in [2.75, 3.05) is 12.4 Å². The van der Waals surface area contributed by atoms with E-state index in [1.807, 2.05) is 17.5 Å². The Morgan fingerprint density at radius 3 is 2.89 bits per heavy atom. The molecule has 1 amide bonds. The number of rotatable bonds is 4. The smallest absolute Gasteiger partial charge is 0.225 e. The summed E-state index contributed by atoms with van der Waals surface area (Å²) in [7, 11) is 1.60. The van der Waals surface area contributed by atoms with Gasteiger partial charge in [0, 0.05) is 11.8 Å². The van der Waals surface area contributed by atoms with Crippen LogP contribution in [-0.4, -0.2) is 23.0 Å². The molecule has 0 aliphatic carbocycles. The van der Waals surface area contributed by atoms with Crippen molar-refractivity contribution in [3.8, 4) is 17.1 Å². The van der Waals surface area contributed by atoms with Crippen LogP contribution in [0.5, 0.6) is 5.75 Å². The summed E-state index contributed by atoms with van der Waals surface area (Å²) >= 11 is 1.38. The van der Waals surface area contributed by atoms with Crippen LogP contribution in [0.1, 0.15) is 13.3 Å². The number of ether oxygens (including phenoxy) is 1. The molecule has 94 valence electrons. The summed E-state index contributed by atoms with van der Waals surface area (Å²) in [6.45, 7) is 1.80. The van der Waals surface area contributed by atoms with Gasteiger partial charge in [0.1, 0.15) is 11.4 Å². The molecular weight excluding hydrogens is 250 g/mol. The van der Waals surface area contributed by atoms with Gasteiger partial charge in [0.15, 0.2) is 5.13 Å². The summed E-state index contributed by atoms with van der Waals surface area (Å²) in [4.78, 5) is 19.8. The fourth-order valence-electron chi connectivity index (χ4n) is 1.31. The first kappa shape index (κ1) is 12.5. The summed E-state index contributed by atoms with van der Waals surface area (Å²) < 4.78 is 5.04. The Bertz CT molecular complexity index is 537. The van der Waals surface area contributed by atoms with Crippen molar-refractivity contribution in [1.82, 2.24) is 9.97 Å². The number of carbonyl (C=O) groups is 1. The van der Waals surface area contributed by atoms with Crippen LogP contribution in [0.2, 0.25) is 0 Å². The molecule has 0 saturated heterocycles. The number of aromatic nitrogens is 2. The van der Waals surface area contributed by atoms with Gasteiger partial charge in [0.2, 0.25) is 5.91 Å². The number of anilines is 1. The molecule has 2 rings (SSSR count). The van der Waals surface area contributed by atoms with Gasteiger partial charge in [0.25, 0.3) is 0 Å². The lowest BCUT2D eigenvalue weighted by Crippen LogP contribution is -2.08. The molecule has 6 heteroatoms. The van der Waals surface area contributed by atoms with E-state index in [0.717, 1.165) is 11.4 Å². The SMILES string of the molecule is CCC(=O)Nc1nc(-c2ccc(OC)cn2)cs1. The van der Waals surface area contributed by atoms with E-state index in [-0.39, 0.29) is 5.91 Å². The second kappa shape index (κ2) is 5.59. The van der Waals surface area contributed by atoms with Crippen LogP contribution in [0.15, 0.2) is 23.7 Å². The second-order valence-electron chi connectivity index (χ2n) is 3.52. The molecule has 0 bridgehead atoms. The molecule has 2 aromatic heterocycles. The van der Waals surface area contributed by atoms with Crippen molar-refractivity contribution in [1.29, 1.82) is 0 Å². The van der Waals surface area contributed by atoms with Crippen molar-refractivity contribution in [2.24, 2.45) is 0 Å². The van der Waals surface area contributed by atoms with Crippen molar-refractivity contribution in [3.63, 3.8) is 0 Å². The molecule has 18 heavy (non-hydrogen) atoms. The van der Waals surface area contributed by atoms with Crippen LogP contribution in [0, 0.1) is 0 Å². The molecule has 5 nitrogen and oxygen atoms in total. The Morgan fingerprint density at radius 1 is 1.44 bits per heavy atom. The molecule has 0 aromatic carbocycles. The fraction of sp³-hybridized carbons (Fsp3) is 0.250. The summed E-state index contributed by atoms with van der Waals surface area (Å²) in [5.74, 6) is 0.659. The van der Waals surface area contributed by atoms with Gasteiger partial charge in [0.05, 0.1) is 19.0 Å². The molecule has 0 fully saturated rings. The van der Waals surface area contributed by atoms with E-state index in [0.29, 0.717) is 17.3 Å². The largest absolute Gasteiger partial charge is 0.495 e. The van der Waals surface area contributed by atoms with Crippen molar-refractivity contribution in [3.05, 3.63) is 23.7 Å². The Labute approximate surface area is 109 Å². The summed E-state index contributed by atoms with van der Waals surface area (Å²) in [6.07, 6.45) is 2.08. The molecule has 0 unspecified atom stereocenters. The van der Waals surface area contributed by atoms with Gasteiger partial charge in [-0.15, -0.1) is 11.3 Å². The normalized spacial score (nSPS) is 10.1. The van der Waals surface area contributed by atoms with E-state index in [1.165, 1.54) is 11.3 Å². The van der Waals surface area contributed by atoms with Gasteiger partial charge >= 0.3 is 0 Å². The topological polar surface area (TPSA) is 64.1 Å². The molecule has 1 N–H and O–H groups in total. The zero-order valence-electron chi connectivity index (χ0n) is 10.1. The minimum Gasteiger partial charge on any atom is -0.495 e. The summed E-state index contributed by atoms with van der Waals surface area (Å²) in [6, 6.07) is 3.66. The predicted octanol–water partition coefficient (Wildman–Crippen LogP) is 2.56. The molecule has 0 atom stereocenters. The van der Waals surface area contributed by atoms with E-state index in [2.05, 4.69) is 15.3 Å². The highest BCUT2D eigenvalue weighted by atomic mass is 32.1. The third-order valence-electron chi connectivity index (χ3n) is 2.31. The Morgan fingerprint density at radius 2 is 2.28 bits per heavy atom. The first-order valence-corrected chi connectivity index (χ1v) is 6.36. The van der Waals surface area contributed by atoms with E-state index < -0.39 is 0 Å². The third-order valence-corrected chi connectivity index (χ3v) is 3.06. The molecule has 2 aromatic rings. The van der Waals surface area contributed by atoms with Crippen LogP contribution >= 0.6 is 11.3 Å². The molecule has 0 aliphatic rings. The van der Waals surface area contributed by atoms with Gasteiger partial charge < -0.3 is 10.1 Å². The zero-order valence-corrected chi connectivity index (χ0v) is 11.0. The van der Waals surface area contributed by atoms with Gasteiger partial charge in [-0.3, -0.25) is 9.78 Å². The number of hydrogen-bond donors (Lipinski definition) is 1. The average molecular weight is 263 g/mol. The Balaban J connectivity index is 2.15. The first-order valence-electron chi connectivity index (χ1n) is 5.48. The quantitative estimate of drug-likeness (QED) is 0.920. The van der Waals surface area contributed by atoms with Gasteiger partial charge in [-0.2, -0.15) is 0 Å². The third kappa shape index (κ3) is 2.84. The van der Waals surface area contributed by atoms with Crippen molar-refractivity contribution >= 4 is 22.4 Å². The molecule has 0 aliphatic heterocycles. The molecule has 0 spiro atoms. The zero-order chi connectivity index (χ0) is 13.0. The minimum atomic E-state index is -0.0430. The number of thiazole rings is 1. The summed E-state index contributed by atoms with van der Waals surface area (Å²) in [5, 5.41) is 5.17. The van der Waals surface area contributed by atoms with Crippen LogP contribution in [-0.2, 0) is 4.79 Å². The lowest BCUT2D eigenvalue weighted by Gasteiger charge is -2.00. The number of carbonyl (C=O) groups excluding carboxylic acids is 1. The minimum absolute atomic E-state index is 0.0430. The molecule has 0 radical (unpaired) electrons. The Kier molecular flexibility index (Phi) is 3.88. The average Bonchev–Trinajstić information content (AvgIpc) is 2.87. The highest BCUT2D eigenvalue weighted by molar-refractivity contribution is 7.14. The van der Waals surface area contributed by atoms with Gasteiger partial charge in [-0.05, 0) is 12.1 Å². The summed E-state index contributed by atoms with van der Waals surface area (Å²) in [5.41, 5.74) is 1.50. The number of hydrogen-bond acceptors (Lipinski definition) is 5. The van der Waals surface area contributed by atoms with Crippen LogP contribution in [0.4, 0.5) is 5.13 Å². The highest BCUT2D eigenvalue weighted by Gasteiger charge is 2.07. The van der Waals surface area contributed by atoms with Crippen LogP contribution in [0.3, 0.4) is 0 Å². The number of nitrogens with one attached hydrogen (secondary N) is 1. The maximum Gasteiger partial charge on any atom is 0.225 e. The molecule has 0 saturated carbocycles. The van der Waals surface area contributed by atoms with Crippen LogP contribution < -0.4 is 10.1 Å². The van der Waals surface area contributed by atoms with Gasteiger partial charge in [-0.1, -0.05) is 6.92 Å². The lowest BCUT2D eigenvalue weighted by atomic mass is 10.3. The number of nitrogens with zero attached hydrogens (tertiary/aromatic N) is 2. The van der Waals surface area contributed by atoms with E-state index >= 15 is 0 Å². The number of pyridine rings is 1. The first-order chi connectivity index (χ1) is 8.72. The predicted molar refractivity (Wildman–Crippen MR) is 70.8 cm³/mol. The molecule has 2 heterocycles. The maximum absolute atomic E-state index is 11.2. The monoisotopic (exact) mass is 263 g/mol. The number of amides is 1. The maximum atomic E-state index is 11.2. The second-order valence-corrected chi connectivity index (χ2v) is 4.38. The van der Waals surface area contributed by atoms with Crippen molar-refractivity contribution in [2.45, 2.75) is 13.3 Å². The van der Waals surface area contributed by atoms with Crippen LogP contribution in [0.25, 0.3) is 11.4 Å². The van der Waals surface area contributed by atoms with E-state index in [4.69, 9.17) is 4.74 Å². The van der Waals surface area contributed by atoms with E-state index in [1.54, 1.807) is 20.2 Å². The van der Waals surface area contributed by atoms with Gasteiger partial charge in [-0.25, -0.2) is 4.98 Å². The fourth-order valence-corrected chi connectivity index (χ4v) is 2.03. The molecular formula is C12H13N3O2S. The lowest BCUT2D eigenvalue weighted by molar-refractivity contribution is -0.115. The van der Waals surface area contributed by atoms with E-state index in [9.17, 15) is 4.79 Å². The number of methoxy groups -OCH3 is 1.